The van der Waals surface area contributed by atoms with Crippen LogP contribution in [0.25, 0.3) is 0 Å². The molecule has 1 heterocycles. The van der Waals surface area contributed by atoms with Gasteiger partial charge in [0.2, 0.25) is 5.91 Å². The number of carbonyl (C=O) groups excluding carboxylic acids is 2. The number of aromatic carboxylic acids is 1. The van der Waals surface area contributed by atoms with Gasteiger partial charge in [-0.15, -0.1) is 0 Å². The Morgan fingerprint density at radius 2 is 1.95 bits per heavy atom. The fraction of sp³-hybridized carbons (Fsp3) is 0.417. The Labute approximate surface area is 115 Å². The molecule has 110 valence electrons. The lowest BCUT2D eigenvalue weighted by Crippen LogP contribution is -2.41. The van der Waals surface area contributed by atoms with Crippen molar-refractivity contribution < 1.29 is 23.9 Å². The second-order valence-electron chi connectivity index (χ2n) is 3.98. The lowest BCUT2D eigenvalue weighted by atomic mass is 10.2. The van der Waals surface area contributed by atoms with Crippen molar-refractivity contribution in [2.75, 3.05) is 13.1 Å². The average molecular weight is 283 g/mol. The molecular weight excluding hydrogens is 266 g/mol. The molecule has 8 heteroatoms. The van der Waals surface area contributed by atoms with Gasteiger partial charge in [0.05, 0.1) is 13.1 Å². The van der Waals surface area contributed by atoms with Crippen LogP contribution in [-0.4, -0.2) is 36.1 Å². The van der Waals surface area contributed by atoms with E-state index < -0.39 is 12.0 Å². The van der Waals surface area contributed by atoms with Crippen LogP contribution in [0.1, 0.15) is 28.8 Å². The summed E-state index contributed by atoms with van der Waals surface area (Å²) in [5.74, 6) is -0.770. The number of carbonyl (C=O) groups is 3. The number of rotatable bonds is 6. The van der Waals surface area contributed by atoms with E-state index in [2.05, 4.69) is 16.0 Å². The number of amides is 3. The summed E-state index contributed by atoms with van der Waals surface area (Å²) in [7, 11) is 0. The van der Waals surface area contributed by atoms with Gasteiger partial charge in [0.1, 0.15) is 17.1 Å². The molecule has 0 atom stereocenters. The summed E-state index contributed by atoms with van der Waals surface area (Å²) in [4.78, 5) is 33.3. The van der Waals surface area contributed by atoms with Crippen LogP contribution in [-0.2, 0) is 11.3 Å². The molecule has 0 saturated heterocycles. The highest BCUT2D eigenvalue weighted by molar-refractivity contribution is 5.88. The molecule has 0 bridgehead atoms. The van der Waals surface area contributed by atoms with Gasteiger partial charge >= 0.3 is 12.0 Å². The number of aryl methyl sites for hydroxylation is 1. The number of furan rings is 1. The molecule has 8 nitrogen and oxygen atoms in total. The monoisotopic (exact) mass is 283 g/mol. The normalized spacial score (nSPS) is 9.90. The van der Waals surface area contributed by atoms with E-state index in [1.54, 1.807) is 6.92 Å². The van der Waals surface area contributed by atoms with Gasteiger partial charge in [-0.3, -0.25) is 4.79 Å². The predicted octanol–water partition coefficient (Wildman–Crippen LogP) is 0.222. The third kappa shape index (κ3) is 4.63. The number of carboxylic acids is 1. The largest absolute Gasteiger partial charge is 0.478 e. The van der Waals surface area contributed by atoms with Gasteiger partial charge in [-0.2, -0.15) is 0 Å². The second-order valence-corrected chi connectivity index (χ2v) is 3.98. The Balaban J connectivity index is 2.39. The zero-order chi connectivity index (χ0) is 15.1. The Morgan fingerprint density at radius 1 is 1.25 bits per heavy atom. The zero-order valence-corrected chi connectivity index (χ0v) is 11.3. The number of likely N-dealkylation sites (N-methyl/N-ethyl adjacent to an activating group) is 1. The molecule has 0 saturated carbocycles. The van der Waals surface area contributed by atoms with Crippen LogP contribution in [0.4, 0.5) is 4.79 Å². The van der Waals surface area contributed by atoms with Gasteiger partial charge in [0, 0.05) is 6.54 Å². The maximum atomic E-state index is 11.4. The Morgan fingerprint density at radius 3 is 2.50 bits per heavy atom. The van der Waals surface area contributed by atoms with Crippen molar-refractivity contribution >= 4 is 17.9 Å². The van der Waals surface area contributed by atoms with Crippen LogP contribution < -0.4 is 16.0 Å². The van der Waals surface area contributed by atoms with Crippen LogP contribution in [0.3, 0.4) is 0 Å². The molecule has 20 heavy (non-hydrogen) atoms. The Bertz CT molecular complexity index is 509. The predicted molar refractivity (Wildman–Crippen MR) is 69.3 cm³/mol. The molecule has 0 radical (unpaired) electrons. The first kappa shape index (κ1) is 15.5. The van der Waals surface area contributed by atoms with Crippen molar-refractivity contribution in [3.8, 4) is 0 Å². The molecule has 3 amide bonds. The molecule has 0 aliphatic heterocycles. The van der Waals surface area contributed by atoms with Gasteiger partial charge in [-0.25, -0.2) is 9.59 Å². The van der Waals surface area contributed by atoms with E-state index in [1.807, 2.05) is 0 Å². The van der Waals surface area contributed by atoms with Crippen LogP contribution in [0.15, 0.2) is 10.5 Å². The standard InChI is InChI=1S/C12H17N3O5/c1-3-13-10(16)6-15-12(19)14-5-8-4-9(11(17)18)7(2)20-8/h4H,3,5-6H2,1-2H3,(H,13,16)(H,17,18)(H2,14,15,19). The van der Waals surface area contributed by atoms with Gasteiger partial charge in [-0.05, 0) is 19.9 Å². The van der Waals surface area contributed by atoms with E-state index in [0.717, 1.165) is 0 Å². The summed E-state index contributed by atoms with van der Waals surface area (Å²) in [6.07, 6.45) is 0. The molecule has 4 N–H and O–H groups in total. The van der Waals surface area contributed by atoms with Crippen LogP contribution >= 0.6 is 0 Å². The minimum Gasteiger partial charge on any atom is -0.478 e. The van der Waals surface area contributed by atoms with Crippen LogP contribution in [0, 0.1) is 6.92 Å². The van der Waals surface area contributed by atoms with Crippen molar-refractivity contribution in [3.05, 3.63) is 23.2 Å². The third-order valence-corrected chi connectivity index (χ3v) is 2.41. The second kappa shape index (κ2) is 7.17. The molecule has 0 spiro atoms. The summed E-state index contributed by atoms with van der Waals surface area (Å²) in [5.41, 5.74) is 0.0598. The van der Waals surface area contributed by atoms with Crippen molar-refractivity contribution in [1.29, 1.82) is 0 Å². The third-order valence-electron chi connectivity index (χ3n) is 2.41. The number of nitrogens with one attached hydrogen (secondary N) is 3. The number of carboxylic acid groups (broad SMARTS) is 1. The summed E-state index contributed by atoms with van der Waals surface area (Å²) >= 11 is 0. The fourth-order valence-electron chi connectivity index (χ4n) is 1.49. The SMILES string of the molecule is CCNC(=O)CNC(=O)NCc1cc(C(=O)O)c(C)o1. The molecule has 0 aliphatic carbocycles. The van der Waals surface area contributed by atoms with Crippen molar-refractivity contribution in [1.82, 2.24) is 16.0 Å². The number of urea groups is 1. The molecule has 0 aromatic carbocycles. The lowest BCUT2D eigenvalue weighted by Gasteiger charge is -2.06. The maximum absolute atomic E-state index is 11.4. The van der Waals surface area contributed by atoms with Gasteiger partial charge < -0.3 is 25.5 Å². The Kier molecular flexibility index (Phi) is 5.57. The Hall–Kier alpha value is -2.51. The number of hydrogen-bond acceptors (Lipinski definition) is 4. The van der Waals surface area contributed by atoms with E-state index >= 15 is 0 Å². The first-order chi connectivity index (χ1) is 9.43. The van der Waals surface area contributed by atoms with Crippen molar-refractivity contribution in [2.24, 2.45) is 0 Å². The van der Waals surface area contributed by atoms with E-state index in [0.29, 0.717) is 12.3 Å². The number of hydrogen-bond donors (Lipinski definition) is 4. The van der Waals surface area contributed by atoms with Crippen LogP contribution in [0.5, 0.6) is 0 Å². The molecule has 0 unspecified atom stereocenters. The van der Waals surface area contributed by atoms with Gasteiger partial charge in [0.25, 0.3) is 0 Å². The van der Waals surface area contributed by atoms with Gasteiger partial charge in [-0.1, -0.05) is 0 Å². The smallest absolute Gasteiger partial charge is 0.339 e. The first-order valence-electron chi connectivity index (χ1n) is 6.05. The van der Waals surface area contributed by atoms with Crippen LogP contribution in [0.2, 0.25) is 0 Å². The fourth-order valence-corrected chi connectivity index (χ4v) is 1.49. The highest BCUT2D eigenvalue weighted by Crippen LogP contribution is 2.14. The highest BCUT2D eigenvalue weighted by Gasteiger charge is 2.14. The van der Waals surface area contributed by atoms with E-state index in [9.17, 15) is 14.4 Å². The van der Waals surface area contributed by atoms with Crippen molar-refractivity contribution in [3.63, 3.8) is 0 Å². The van der Waals surface area contributed by atoms with E-state index in [1.165, 1.54) is 13.0 Å². The van der Waals surface area contributed by atoms with E-state index in [-0.39, 0.29) is 30.3 Å². The molecule has 0 fully saturated rings. The lowest BCUT2D eigenvalue weighted by molar-refractivity contribution is -0.119. The average Bonchev–Trinajstić information content (AvgIpc) is 2.76. The van der Waals surface area contributed by atoms with Crippen molar-refractivity contribution in [2.45, 2.75) is 20.4 Å². The zero-order valence-electron chi connectivity index (χ0n) is 11.3. The minimum absolute atomic E-state index is 0.0371. The molecule has 1 aromatic rings. The summed E-state index contributed by atoms with van der Waals surface area (Å²) in [6.45, 7) is 3.71. The highest BCUT2D eigenvalue weighted by atomic mass is 16.4. The molecule has 0 aliphatic rings. The topological polar surface area (TPSA) is 121 Å². The first-order valence-corrected chi connectivity index (χ1v) is 6.05. The summed E-state index contributed by atoms with van der Waals surface area (Å²) < 4.78 is 5.19. The summed E-state index contributed by atoms with van der Waals surface area (Å²) in [5, 5.41) is 16.2. The molecular formula is C12H17N3O5. The summed E-state index contributed by atoms with van der Waals surface area (Å²) in [6, 6.07) is 0.809. The minimum atomic E-state index is -1.09. The molecule has 1 rings (SSSR count). The molecule has 1 aromatic heterocycles. The maximum Gasteiger partial charge on any atom is 0.339 e. The quantitative estimate of drug-likeness (QED) is 0.595. The van der Waals surface area contributed by atoms with E-state index in [4.69, 9.17) is 9.52 Å². The van der Waals surface area contributed by atoms with Gasteiger partial charge in [0.15, 0.2) is 0 Å².